The first-order valence-corrected chi connectivity index (χ1v) is 10.1. The van der Waals surface area contributed by atoms with Gasteiger partial charge in [-0.25, -0.2) is 4.99 Å². The van der Waals surface area contributed by atoms with E-state index in [1.54, 1.807) is 30.3 Å². The maximum atomic E-state index is 11.9. The van der Waals surface area contributed by atoms with Crippen LogP contribution in [0, 0.1) is 11.8 Å². The highest BCUT2D eigenvalue weighted by Gasteiger charge is 2.23. The van der Waals surface area contributed by atoms with Crippen molar-refractivity contribution in [3.8, 4) is 0 Å². The van der Waals surface area contributed by atoms with Gasteiger partial charge in [0.25, 0.3) is 0 Å². The number of amides is 1. The van der Waals surface area contributed by atoms with Crippen LogP contribution in [0.1, 0.15) is 44.4 Å². The van der Waals surface area contributed by atoms with Crippen molar-refractivity contribution in [2.75, 3.05) is 20.6 Å². The number of nitrogens with zero attached hydrogens (tertiary/aromatic N) is 2. The van der Waals surface area contributed by atoms with Gasteiger partial charge in [0, 0.05) is 25.0 Å². The zero-order chi connectivity index (χ0) is 18.2. The SMILES string of the molecule is CC(C)C1CCC(NC(=NCC(=O)N(C)C)NCc2cccs2)CC1. The summed E-state index contributed by atoms with van der Waals surface area (Å²) in [5.41, 5.74) is 0. The van der Waals surface area contributed by atoms with Crippen LogP contribution in [-0.4, -0.2) is 43.4 Å². The first kappa shape index (κ1) is 19.8. The third-order valence-electron chi connectivity index (χ3n) is 4.94. The molecule has 0 atom stereocenters. The fourth-order valence-electron chi connectivity index (χ4n) is 3.15. The minimum atomic E-state index is 0.0146. The summed E-state index contributed by atoms with van der Waals surface area (Å²) in [6.07, 6.45) is 4.88. The number of aliphatic imine (C=N–C) groups is 1. The molecule has 0 radical (unpaired) electrons. The van der Waals surface area contributed by atoms with E-state index in [4.69, 9.17) is 0 Å². The molecular formula is C19H32N4OS. The van der Waals surface area contributed by atoms with Gasteiger partial charge in [0.15, 0.2) is 5.96 Å². The molecule has 0 aromatic carbocycles. The van der Waals surface area contributed by atoms with Crippen molar-refractivity contribution in [2.45, 2.75) is 52.1 Å². The second kappa shape index (κ2) is 9.80. The second-order valence-corrected chi connectivity index (χ2v) is 8.42. The maximum absolute atomic E-state index is 11.9. The molecule has 0 bridgehead atoms. The van der Waals surface area contributed by atoms with E-state index in [0.29, 0.717) is 6.04 Å². The number of carbonyl (C=O) groups excluding carboxylic acids is 1. The molecule has 0 saturated heterocycles. The molecule has 1 heterocycles. The van der Waals surface area contributed by atoms with Crippen LogP contribution < -0.4 is 10.6 Å². The molecule has 0 aliphatic heterocycles. The van der Waals surface area contributed by atoms with Crippen molar-refractivity contribution in [2.24, 2.45) is 16.8 Å². The predicted octanol–water partition coefficient (Wildman–Crippen LogP) is 3.09. The van der Waals surface area contributed by atoms with Gasteiger partial charge in [-0.3, -0.25) is 4.79 Å². The van der Waals surface area contributed by atoms with Gasteiger partial charge in [-0.1, -0.05) is 19.9 Å². The third-order valence-corrected chi connectivity index (χ3v) is 5.81. The molecule has 140 valence electrons. The lowest BCUT2D eigenvalue weighted by Gasteiger charge is -2.32. The minimum absolute atomic E-state index is 0.0146. The molecule has 1 saturated carbocycles. The van der Waals surface area contributed by atoms with Crippen LogP contribution in [0.25, 0.3) is 0 Å². The van der Waals surface area contributed by atoms with Gasteiger partial charge >= 0.3 is 0 Å². The Morgan fingerprint density at radius 3 is 2.60 bits per heavy atom. The highest BCUT2D eigenvalue weighted by atomic mass is 32.1. The Morgan fingerprint density at radius 1 is 1.32 bits per heavy atom. The summed E-state index contributed by atoms with van der Waals surface area (Å²) < 4.78 is 0. The average Bonchev–Trinajstić information content (AvgIpc) is 3.10. The van der Waals surface area contributed by atoms with Crippen LogP contribution in [-0.2, 0) is 11.3 Å². The summed E-state index contributed by atoms with van der Waals surface area (Å²) in [6.45, 7) is 5.55. The fraction of sp³-hybridized carbons (Fsp3) is 0.684. The molecule has 1 amide bonds. The fourth-order valence-corrected chi connectivity index (χ4v) is 3.79. The topological polar surface area (TPSA) is 56.7 Å². The summed E-state index contributed by atoms with van der Waals surface area (Å²) in [5.74, 6) is 2.37. The van der Waals surface area contributed by atoms with Crippen LogP contribution in [0.4, 0.5) is 0 Å². The van der Waals surface area contributed by atoms with Crippen LogP contribution in [0.3, 0.4) is 0 Å². The monoisotopic (exact) mass is 364 g/mol. The van der Waals surface area contributed by atoms with E-state index in [-0.39, 0.29) is 12.5 Å². The van der Waals surface area contributed by atoms with E-state index in [9.17, 15) is 4.79 Å². The lowest BCUT2D eigenvalue weighted by Crippen LogP contribution is -2.45. The van der Waals surface area contributed by atoms with Gasteiger partial charge in [-0.15, -0.1) is 11.3 Å². The van der Waals surface area contributed by atoms with Crippen molar-refractivity contribution in [1.82, 2.24) is 15.5 Å². The molecule has 6 heteroatoms. The Morgan fingerprint density at radius 2 is 2.04 bits per heavy atom. The van der Waals surface area contributed by atoms with Crippen molar-refractivity contribution >= 4 is 23.2 Å². The second-order valence-electron chi connectivity index (χ2n) is 7.39. The molecule has 0 spiro atoms. The number of thiophene rings is 1. The zero-order valence-corrected chi connectivity index (χ0v) is 16.7. The van der Waals surface area contributed by atoms with Crippen LogP contribution in [0.15, 0.2) is 22.5 Å². The van der Waals surface area contributed by atoms with Crippen LogP contribution >= 0.6 is 11.3 Å². The van der Waals surface area contributed by atoms with Crippen molar-refractivity contribution in [3.63, 3.8) is 0 Å². The molecule has 2 N–H and O–H groups in total. The molecule has 1 aromatic heterocycles. The maximum Gasteiger partial charge on any atom is 0.243 e. The van der Waals surface area contributed by atoms with Crippen molar-refractivity contribution < 1.29 is 4.79 Å². The molecule has 1 aliphatic carbocycles. The van der Waals surface area contributed by atoms with Gasteiger partial charge in [0.05, 0.1) is 6.54 Å². The Hall–Kier alpha value is -1.56. The van der Waals surface area contributed by atoms with Gasteiger partial charge in [0.2, 0.25) is 5.91 Å². The first-order chi connectivity index (χ1) is 12.0. The molecule has 1 aliphatic rings. The standard InChI is InChI=1S/C19H32N4OS/c1-14(2)15-7-9-16(10-8-15)22-19(21-13-18(24)23(3)4)20-12-17-6-5-11-25-17/h5-6,11,14-16H,7-10,12-13H2,1-4H3,(H2,20,21,22). The number of nitrogens with one attached hydrogen (secondary N) is 2. The number of hydrogen-bond acceptors (Lipinski definition) is 3. The highest BCUT2D eigenvalue weighted by Crippen LogP contribution is 2.29. The number of likely N-dealkylation sites (N-methyl/N-ethyl adjacent to an activating group) is 1. The number of rotatable bonds is 6. The Balaban J connectivity index is 1.91. The summed E-state index contributed by atoms with van der Waals surface area (Å²) in [5, 5.41) is 8.99. The van der Waals surface area contributed by atoms with E-state index >= 15 is 0 Å². The summed E-state index contributed by atoms with van der Waals surface area (Å²) >= 11 is 1.72. The molecule has 1 fully saturated rings. The smallest absolute Gasteiger partial charge is 0.243 e. The largest absolute Gasteiger partial charge is 0.354 e. The average molecular weight is 365 g/mol. The number of carbonyl (C=O) groups is 1. The lowest BCUT2D eigenvalue weighted by molar-refractivity contribution is -0.127. The predicted molar refractivity (Wildman–Crippen MR) is 106 cm³/mol. The first-order valence-electron chi connectivity index (χ1n) is 9.23. The molecular weight excluding hydrogens is 332 g/mol. The van der Waals surface area contributed by atoms with E-state index in [1.165, 1.54) is 30.6 Å². The quantitative estimate of drug-likeness (QED) is 0.602. The Labute approximate surface area is 155 Å². The Bertz CT molecular complexity index is 546. The number of guanidine groups is 1. The minimum Gasteiger partial charge on any atom is -0.354 e. The third kappa shape index (κ3) is 6.69. The normalized spacial score (nSPS) is 21.2. The van der Waals surface area contributed by atoms with E-state index in [0.717, 1.165) is 24.3 Å². The number of hydrogen-bond donors (Lipinski definition) is 2. The molecule has 0 unspecified atom stereocenters. The van der Waals surface area contributed by atoms with Gasteiger partial charge in [-0.2, -0.15) is 0 Å². The molecule has 1 aromatic rings. The summed E-state index contributed by atoms with van der Waals surface area (Å²) in [4.78, 5) is 19.2. The Kier molecular flexibility index (Phi) is 7.75. The summed E-state index contributed by atoms with van der Waals surface area (Å²) in [7, 11) is 3.52. The highest BCUT2D eigenvalue weighted by molar-refractivity contribution is 7.09. The molecule has 25 heavy (non-hydrogen) atoms. The van der Waals surface area contributed by atoms with E-state index < -0.39 is 0 Å². The summed E-state index contributed by atoms with van der Waals surface area (Å²) in [6, 6.07) is 4.60. The van der Waals surface area contributed by atoms with Crippen LogP contribution in [0.5, 0.6) is 0 Å². The zero-order valence-electron chi connectivity index (χ0n) is 15.9. The van der Waals surface area contributed by atoms with E-state index in [2.05, 4.69) is 47.0 Å². The van der Waals surface area contributed by atoms with Crippen molar-refractivity contribution in [3.05, 3.63) is 22.4 Å². The molecule has 2 rings (SSSR count). The van der Waals surface area contributed by atoms with Gasteiger partial charge in [0.1, 0.15) is 6.54 Å². The lowest BCUT2D eigenvalue weighted by atomic mass is 9.80. The van der Waals surface area contributed by atoms with Gasteiger partial charge in [-0.05, 0) is 49.0 Å². The van der Waals surface area contributed by atoms with Crippen molar-refractivity contribution in [1.29, 1.82) is 0 Å². The molecule has 5 nitrogen and oxygen atoms in total. The van der Waals surface area contributed by atoms with Crippen LogP contribution in [0.2, 0.25) is 0 Å². The van der Waals surface area contributed by atoms with E-state index in [1.807, 2.05) is 0 Å². The van der Waals surface area contributed by atoms with Gasteiger partial charge < -0.3 is 15.5 Å².